The highest BCUT2D eigenvalue weighted by Gasteiger charge is 2.53. The number of imide groups is 1. The maximum absolute atomic E-state index is 13.7. The first-order valence-corrected chi connectivity index (χ1v) is 13.0. The number of thioether (sulfide) groups is 1. The molecule has 2 aromatic carbocycles. The number of nitrogens with one attached hydrogen (secondary N) is 1. The minimum absolute atomic E-state index is 0.0139. The van der Waals surface area contributed by atoms with Gasteiger partial charge in [0.1, 0.15) is 6.54 Å². The van der Waals surface area contributed by atoms with Gasteiger partial charge in [-0.25, -0.2) is 9.69 Å². The maximum atomic E-state index is 13.7. The summed E-state index contributed by atoms with van der Waals surface area (Å²) in [5.74, 6) is -1.09. The molecule has 36 heavy (non-hydrogen) atoms. The first-order chi connectivity index (χ1) is 17.4. The predicted molar refractivity (Wildman–Crippen MR) is 138 cm³/mol. The van der Waals surface area contributed by atoms with Gasteiger partial charge in [0.15, 0.2) is 0 Å². The van der Waals surface area contributed by atoms with Crippen molar-refractivity contribution in [3.05, 3.63) is 76.7 Å². The number of para-hydroxylation sites is 1. The van der Waals surface area contributed by atoms with E-state index in [1.165, 1.54) is 28.5 Å². The lowest BCUT2D eigenvalue weighted by molar-refractivity contribution is -0.128. The number of benzene rings is 2. The molecule has 186 valence electrons. The van der Waals surface area contributed by atoms with E-state index in [-0.39, 0.29) is 24.3 Å². The number of rotatable bonds is 6. The summed E-state index contributed by atoms with van der Waals surface area (Å²) in [6, 6.07) is 18.2. The normalized spacial score (nSPS) is 21.4. The van der Waals surface area contributed by atoms with Crippen LogP contribution in [0, 0.1) is 5.92 Å². The highest BCUT2D eigenvalue weighted by molar-refractivity contribution is 8.04. The van der Waals surface area contributed by atoms with Crippen molar-refractivity contribution in [3.8, 4) is 0 Å². The zero-order valence-corrected chi connectivity index (χ0v) is 20.9. The van der Waals surface area contributed by atoms with E-state index >= 15 is 0 Å². The number of fused-ring (bicyclic) bond motifs is 2. The second-order valence-electron chi connectivity index (χ2n) is 9.13. The van der Waals surface area contributed by atoms with Crippen molar-refractivity contribution in [3.63, 3.8) is 0 Å². The van der Waals surface area contributed by atoms with Crippen LogP contribution in [0.5, 0.6) is 0 Å². The lowest BCUT2D eigenvalue weighted by atomic mass is 9.90. The topological polar surface area (TPSA) is 90.0 Å². The van der Waals surface area contributed by atoms with Gasteiger partial charge in [-0.1, -0.05) is 48.5 Å². The second kappa shape index (κ2) is 10.2. The lowest BCUT2D eigenvalue weighted by Gasteiger charge is -2.42. The molecule has 0 aromatic heterocycles. The van der Waals surface area contributed by atoms with Crippen LogP contribution in [0.4, 0.5) is 10.5 Å². The fraction of sp³-hybridized carbons (Fsp3) is 0.333. The van der Waals surface area contributed by atoms with E-state index < -0.39 is 17.3 Å². The highest BCUT2D eigenvalue weighted by Crippen LogP contribution is 2.50. The summed E-state index contributed by atoms with van der Waals surface area (Å²) >= 11 is 1.44. The van der Waals surface area contributed by atoms with Crippen LogP contribution in [0.2, 0.25) is 0 Å². The van der Waals surface area contributed by atoms with Gasteiger partial charge in [0.25, 0.3) is 0 Å². The molecule has 0 bridgehead atoms. The molecule has 2 atom stereocenters. The van der Waals surface area contributed by atoms with Crippen LogP contribution in [0.25, 0.3) is 0 Å². The van der Waals surface area contributed by atoms with Gasteiger partial charge in [0, 0.05) is 24.9 Å². The summed E-state index contributed by atoms with van der Waals surface area (Å²) in [4.78, 5) is 57.7. The molecule has 3 heterocycles. The first-order valence-electron chi connectivity index (χ1n) is 12.1. The molecule has 0 aliphatic carbocycles. The van der Waals surface area contributed by atoms with E-state index in [9.17, 15) is 19.2 Å². The Balaban J connectivity index is 1.37. The van der Waals surface area contributed by atoms with E-state index in [2.05, 4.69) is 5.32 Å². The van der Waals surface area contributed by atoms with Gasteiger partial charge in [0.2, 0.25) is 17.7 Å². The van der Waals surface area contributed by atoms with Gasteiger partial charge in [-0.15, -0.1) is 11.8 Å². The Morgan fingerprint density at radius 1 is 1.03 bits per heavy atom. The van der Waals surface area contributed by atoms with Gasteiger partial charge < -0.3 is 15.1 Å². The molecule has 5 amide bonds. The molecular formula is C27H28N4O4S. The van der Waals surface area contributed by atoms with Crippen LogP contribution in [0.15, 0.2) is 71.1 Å². The number of anilines is 1. The second-order valence-corrected chi connectivity index (χ2v) is 10.3. The Morgan fingerprint density at radius 3 is 2.42 bits per heavy atom. The number of carbonyl (C=O) groups is 4. The Morgan fingerprint density at radius 2 is 1.72 bits per heavy atom. The Kier molecular flexibility index (Phi) is 6.82. The van der Waals surface area contributed by atoms with Crippen LogP contribution in [0.3, 0.4) is 0 Å². The largest absolute Gasteiger partial charge is 0.354 e. The van der Waals surface area contributed by atoms with Crippen molar-refractivity contribution in [2.45, 2.75) is 25.1 Å². The van der Waals surface area contributed by atoms with Crippen molar-refractivity contribution in [2.75, 3.05) is 31.1 Å². The summed E-state index contributed by atoms with van der Waals surface area (Å²) in [6.07, 6.45) is 1.27. The van der Waals surface area contributed by atoms with Crippen molar-refractivity contribution in [2.24, 2.45) is 5.92 Å². The number of carbonyl (C=O) groups excluding carboxylic acids is 4. The average molecular weight is 505 g/mol. The third-order valence-corrected chi connectivity index (χ3v) is 8.29. The zero-order chi connectivity index (χ0) is 25.2. The molecule has 0 saturated carbocycles. The number of amides is 5. The van der Waals surface area contributed by atoms with Crippen molar-refractivity contribution < 1.29 is 19.2 Å². The van der Waals surface area contributed by atoms with Crippen molar-refractivity contribution in [1.82, 2.24) is 15.1 Å². The van der Waals surface area contributed by atoms with Crippen LogP contribution in [-0.2, 0) is 20.8 Å². The fourth-order valence-electron chi connectivity index (χ4n) is 5.00. The zero-order valence-electron chi connectivity index (χ0n) is 20.1. The Hall–Kier alpha value is -3.59. The van der Waals surface area contributed by atoms with Crippen molar-refractivity contribution >= 4 is 41.2 Å². The fourth-order valence-corrected chi connectivity index (χ4v) is 6.62. The predicted octanol–water partition coefficient (Wildman–Crippen LogP) is 3.01. The molecule has 8 nitrogen and oxygen atoms in total. The summed E-state index contributed by atoms with van der Waals surface area (Å²) < 4.78 is 0. The number of nitrogens with zero attached hydrogens (tertiary/aromatic N) is 3. The third-order valence-electron chi connectivity index (χ3n) is 6.85. The molecule has 1 N–H and O–H groups in total. The summed E-state index contributed by atoms with van der Waals surface area (Å²) in [5.41, 5.74) is 2.59. The Labute approximate surface area is 214 Å². The molecule has 5 rings (SSSR count). The number of urea groups is 1. The van der Waals surface area contributed by atoms with E-state index in [1.807, 2.05) is 36.4 Å². The monoisotopic (exact) mass is 504 g/mol. The van der Waals surface area contributed by atoms with Crippen LogP contribution < -0.4 is 10.2 Å². The molecular weight excluding hydrogens is 476 g/mol. The SMILES string of the molecule is CC(=O)N1CCC2=C(C1)SC1C2C(=O)N(c2ccccc2)C(=O)N1CC(=O)NCCc1ccccc1. The van der Waals surface area contributed by atoms with Gasteiger partial charge >= 0.3 is 6.03 Å². The van der Waals surface area contributed by atoms with E-state index in [4.69, 9.17) is 0 Å². The molecule has 2 unspecified atom stereocenters. The molecule has 3 aliphatic heterocycles. The minimum Gasteiger partial charge on any atom is -0.354 e. The standard InChI is InChI=1S/C27H28N4O4S/c1-18(32)29-15-13-21-22(16-29)36-26-24(21)25(34)31(20-10-6-3-7-11-20)27(35)30(26)17-23(33)28-14-12-19-8-4-2-5-9-19/h2-11,24,26H,12-17H2,1H3,(H,28,33). The quantitative estimate of drug-likeness (QED) is 0.653. The van der Waals surface area contributed by atoms with Gasteiger partial charge in [-0.2, -0.15) is 0 Å². The van der Waals surface area contributed by atoms with E-state index in [0.29, 0.717) is 38.2 Å². The summed E-state index contributed by atoms with van der Waals surface area (Å²) in [7, 11) is 0. The van der Waals surface area contributed by atoms with Crippen molar-refractivity contribution in [1.29, 1.82) is 0 Å². The van der Waals surface area contributed by atoms with Gasteiger partial charge in [-0.05, 0) is 36.1 Å². The first kappa shape index (κ1) is 24.1. The lowest BCUT2D eigenvalue weighted by Crippen LogP contribution is -2.62. The molecule has 9 heteroatoms. The molecule has 1 fully saturated rings. The van der Waals surface area contributed by atoms with Crippen LogP contribution in [0.1, 0.15) is 18.9 Å². The smallest absolute Gasteiger partial charge is 0.332 e. The molecule has 1 saturated heterocycles. The van der Waals surface area contributed by atoms with E-state index in [1.54, 1.807) is 29.2 Å². The maximum Gasteiger partial charge on any atom is 0.332 e. The third kappa shape index (κ3) is 4.63. The molecule has 2 aromatic rings. The number of hydrogen-bond acceptors (Lipinski definition) is 5. The minimum atomic E-state index is -0.533. The summed E-state index contributed by atoms with van der Waals surface area (Å²) in [5, 5.41) is 2.42. The molecule has 0 spiro atoms. The summed E-state index contributed by atoms with van der Waals surface area (Å²) in [6.45, 7) is 2.83. The highest BCUT2D eigenvalue weighted by atomic mass is 32.2. The van der Waals surface area contributed by atoms with Gasteiger partial charge in [-0.3, -0.25) is 14.4 Å². The Bertz CT molecular complexity index is 1220. The van der Waals surface area contributed by atoms with Crippen LogP contribution in [-0.4, -0.2) is 65.1 Å². The van der Waals surface area contributed by atoms with E-state index in [0.717, 1.165) is 16.0 Å². The van der Waals surface area contributed by atoms with Crippen LogP contribution >= 0.6 is 11.8 Å². The molecule has 3 aliphatic rings. The molecule has 0 radical (unpaired) electrons. The number of hydrogen-bond donors (Lipinski definition) is 1. The van der Waals surface area contributed by atoms with Gasteiger partial charge in [0.05, 0.1) is 23.5 Å². The average Bonchev–Trinajstić information content (AvgIpc) is 3.27.